The van der Waals surface area contributed by atoms with Crippen molar-refractivity contribution >= 4 is 17.7 Å². The normalized spacial score (nSPS) is 16.3. The second kappa shape index (κ2) is 8.83. The Labute approximate surface area is 165 Å². The number of amides is 1. The van der Waals surface area contributed by atoms with Gasteiger partial charge in [0.1, 0.15) is 0 Å². The zero-order chi connectivity index (χ0) is 20.1. The first-order valence-corrected chi connectivity index (χ1v) is 9.53. The van der Waals surface area contributed by atoms with E-state index in [-0.39, 0.29) is 24.7 Å². The van der Waals surface area contributed by atoms with Gasteiger partial charge in [0.2, 0.25) is 11.7 Å². The van der Waals surface area contributed by atoms with Crippen LogP contribution in [0.4, 0.5) is 0 Å². The molecule has 146 valence electrons. The molecule has 1 amide bonds. The van der Waals surface area contributed by atoms with Gasteiger partial charge in [-0.05, 0) is 31.4 Å². The van der Waals surface area contributed by atoms with E-state index in [2.05, 4.69) is 0 Å². The molecule has 3 rings (SSSR count). The van der Waals surface area contributed by atoms with Gasteiger partial charge in [-0.15, -0.1) is 0 Å². The third-order valence-electron chi connectivity index (χ3n) is 5.09. The number of Topliss-reactive ketones (excluding diaryl/α,β-unsaturated/α-hetero) is 1. The van der Waals surface area contributed by atoms with Gasteiger partial charge in [-0.2, -0.15) is 0 Å². The Morgan fingerprint density at radius 1 is 1.11 bits per heavy atom. The van der Waals surface area contributed by atoms with E-state index in [1.807, 2.05) is 56.3 Å². The number of aryl methyl sites for hydroxylation is 2. The van der Waals surface area contributed by atoms with Crippen molar-refractivity contribution in [3.63, 3.8) is 0 Å². The van der Waals surface area contributed by atoms with E-state index in [0.29, 0.717) is 18.7 Å². The highest BCUT2D eigenvalue weighted by atomic mass is 16.5. The van der Waals surface area contributed by atoms with Crippen molar-refractivity contribution in [2.24, 2.45) is 5.92 Å². The zero-order valence-electron chi connectivity index (χ0n) is 16.3. The third-order valence-corrected chi connectivity index (χ3v) is 5.09. The average molecular weight is 379 g/mol. The minimum Gasteiger partial charge on any atom is -0.457 e. The van der Waals surface area contributed by atoms with Crippen LogP contribution in [-0.2, 0) is 20.7 Å². The predicted molar refractivity (Wildman–Crippen MR) is 106 cm³/mol. The van der Waals surface area contributed by atoms with Gasteiger partial charge in [-0.25, -0.2) is 0 Å². The van der Waals surface area contributed by atoms with Gasteiger partial charge < -0.3 is 9.64 Å². The Kier molecular flexibility index (Phi) is 6.24. The predicted octanol–water partition coefficient (Wildman–Crippen LogP) is 3.12. The fourth-order valence-corrected chi connectivity index (χ4v) is 3.51. The van der Waals surface area contributed by atoms with Crippen LogP contribution in [0.1, 0.15) is 33.5 Å². The maximum Gasteiger partial charge on any atom is 0.311 e. The van der Waals surface area contributed by atoms with Crippen molar-refractivity contribution < 1.29 is 19.1 Å². The van der Waals surface area contributed by atoms with Crippen molar-refractivity contribution in [1.82, 2.24) is 4.90 Å². The molecule has 0 unspecified atom stereocenters. The molecule has 2 aromatic rings. The molecule has 1 aliphatic heterocycles. The molecule has 0 N–H and O–H groups in total. The summed E-state index contributed by atoms with van der Waals surface area (Å²) in [5.74, 6) is -1.25. The fourth-order valence-electron chi connectivity index (χ4n) is 3.51. The van der Waals surface area contributed by atoms with Crippen LogP contribution in [0.25, 0.3) is 0 Å². The number of esters is 1. The Hall–Kier alpha value is -2.95. The Bertz CT molecular complexity index is 875. The molecule has 1 saturated heterocycles. The summed E-state index contributed by atoms with van der Waals surface area (Å²) in [6.07, 6.45) is 0.894. The van der Waals surface area contributed by atoms with Crippen molar-refractivity contribution in [1.29, 1.82) is 0 Å². The lowest BCUT2D eigenvalue weighted by Crippen LogP contribution is -2.29. The zero-order valence-corrected chi connectivity index (χ0v) is 16.3. The molecule has 1 atom stereocenters. The number of ether oxygens (including phenoxy) is 1. The maximum absolute atomic E-state index is 12.3. The Balaban J connectivity index is 1.49. The third kappa shape index (κ3) is 4.85. The van der Waals surface area contributed by atoms with E-state index in [1.54, 1.807) is 11.0 Å². The topological polar surface area (TPSA) is 63.7 Å². The van der Waals surface area contributed by atoms with Crippen molar-refractivity contribution in [3.05, 3.63) is 70.8 Å². The van der Waals surface area contributed by atoms with Gasteiger partial charge in [-0.1, -0.05) is 54.1 Å². The summed E-state index contributed by atoms with van der Waals surface area (Å²) in [6, 6.07) is 15.5. The first-order chi connectivity index (χ1) is 13.4. The SMILES string of the molecule is Cc1ccc(C(=O)COC(=O)[C@@H]2CC(=O)N(CCc3ccccc3)C2)c(C)c1. The first-order valence-electron chi connectivity index (χ1n) is 9.53. The van der Waals surface area contributed by atoms with Crippen LogP contribution in [-0.4, -0.2) is 42.3 Å². The largest absolute Gasteiger partial charge is 0.457 e. The summed E-state index contributed by atoms with van der Waals surface area (Å²) < 4.78 is 5.22. The van der Waals surface area contributed by atoms with Crippen LogP contribution in [0.2, 0.25) is 0 Å². The molecule has 5 nitrogen and oxygen atoms in total. The van der Waals surface area contributed by atoms with E-state index >= 15 is 0 Å². The van der Waals surface area contributed by atoms with Crippen LogP contribution >= 0.6 is 0 Å². The quantitative estimate of drug-likeness (QED) is 0.548. The van der Waals surface area contributed by atoms with Gasteiger partial charge in [-0.3, -0.25) is 14.4 Å². The first kappa shape index (κ1) is 19.8. The van der Waals surface area contributed by atoms with E-state index in [0.717, 1.165) is 23.1 Å². The van der Waals surface area contributed by atoms with Gasteiger partial charge >= 0.3 is 5.97 Å². The summed E-state index contributed by atoms with van der Waals surface area (Å²) in [5, 5.41) is 0. The Morgan fingerprint density at radius 3 is 2.57 bits per heavy atom. The molecule has 1 fully saturated rings. The van der Waals surface area contributed by atoms with Crippen LogP contribution in [0, 0.1) is 19.8 Å². The van der Waals surface area contributed by atoms with E-state index in [1.165, 1.54) is 0 Å². The molecule has 0 saturated carbocycles. The number of benzene rings is 2. The molecule has 1 heterocycles. The van der Waals surface area contributed by atoms with Gasteiger partial charge in [0.15, 0.2) is 6.61 Å². The molecular weight excluding hydrogens is 354 g/mol. The minimum atomic E-state index is -0.504. The van der Waals surface area contributed by atoms with E-state index in [9.17, 15) is 14.4 Å². The minimum absolute atomic E-state index is 0.0430. The molecule has 28 heavy (non-hydrogen) atoms. The fraction of sp³-hybridized carbons (Fsp3) is 0.348. The second-order valence-corrected chi connectivity index (χ2v) is 7.33. The van der Waals surface area contributed by atoms with E-state index in [4.69, 9.17) is 4.74 Å². The standard InChI is InChI=1S/C23H25NO4/c1-16-8-9-20(17(2)12-16)21(25)15-28-23(27)19-13-22(26)24(14-19)11-10-18-6-4-3-5-7-18/h3-9,12,19H,10-11,13-15H2,1-2H3/t19-/m1/s1. The molecule has 0 radical (unpaired) electrons. The number of hydrogen-bond acceptors (Lipinski definition) is 4. The van der Waals surface area contributed by atoms with Gasteiger partial charge in [0, 0.05) is 25.1 Å². The summed E-state index contributed by atoms with van der Waals surface area (Å²) in [5.41, 5.74) is 3.65. The summed E-state index contributed by atoms with van der Waals surface area (Å²) in [6.45, 7) is 4.46. The summed E-state index contributed by atoms with van der Waals surface area (Å²) in [7, 11) is 0. The molecule has 0 aromatic heterocycles. The smallest absolute Gasteiger partial charge is 0.311 e. The van der Waals surface area contributed by atoms with Crippen LogP contribution in [0.3, 0.4) is 0 Å². The number of carbonyl (C=O) groups is 3. The van der Waals surface area contributed by atoms with Crippen molar-refractivity contribution in [3.8, 4) is 0 Å². The average Bonchev–Trinajstić information content (AvgIpc) is 3.06. The maximum atomic E-state index is 12.3. The number of ketones is 1. The molecule has 0 aliphatic carbocycles. The van der Waals surface area contributed by atoms with E-state index < -0.39 is 11.9 Å². The van der Waals surface area contributed by atoms with Crippen molar-refractivity contribution in [2.45, 2.75) is 26.7 Å². The van der Waals surface area contributed by atoms with Crippen LogP contribution < -0.4 is 0 Å². The molecule has 0 spiro atoms. The monoisotopic (exact) mass is 379 g/mol. The highest BCUT2D eigenvalue weighted by Crippen LogP contribution is 2.20. The van der Waals surface area contributed by atoms with Gasteiger partial charge in [0.05, 0.1) is 5.92 Å². The molecular formula is C23H25NO4. The number of nitrogens with zero attached hydrogens (tertiary/aromatic N) is 1. The highest BCUT2D eigenvalue weighted by molar-refractivity contribution is 5.99. The van der Waals surface area contributed by atoms with Crippen molar-refractivity contribution in [2.75, 3.05) is 19.7 Å². The molecule has 1 aliphatic rings. The number of likely N-dealkylation sites (tertiary alicyclic amines) is 1. The number of hydrogen-bond donors (Lipinski definition) is 0. The van der Waals surface area contributed by atoms with Gasteiger partial charge in [0.25, 0.3) is 0 Å². The molecule has 2 aromatic carbocycles. The van der Waals surface area contributed by atoms with Crippen LogP contribution in [0.5, 0.6) is 0 Å². The summed E-state index contributed by atoms with van der Waals surface area (Å²) >= 11 is 0. The lowest BCUT2D eigenvalue weighted by molar-refractivity contribution is -0.147. The lowest BCUT2D eigenvalue weighted by Gasteiger charge is -2.16. The molecule has 0 bridgehead atoms. The number of rotatable bonds is 7. The number of carbonyl (C=O) groups excluding carboxylic acids is 3. The lowest BCUT2D eigenvalue weighted by atomic mass is 10.0. The molecule has 5 heteroatoms. The summed E-state index contributed by atoms with van der Waals surface area (Å²) in [4.78, 5) is 38.6. The van der Waals surface area contributed by atoms with Crippen LogP contribution in [0.15, 0.2) is 48.5 Å². The highest BCUT2D eigenvalue weighted by Gasteiger charge is 2.35. The Morgan fingerprint density at radius 2 is 1.86 bits per heavy atom. The second-order valence-electron chi connectivity index (χ2n) is 7.33.